The molecule has 6 nitrogen and oxygen atoms in total. The molecular formula is C11H13NO5. The van der Waals surface area contributed by atoms with Gasteiger partial charge in [0, 0.05) is 11.6 Å². The van der Waals surface area contributed by atoms with Gasteiger partial charge in [0.15, 0.2) is 0 Å². The van der Waals surface area contributed by atoms with E-state index in [0.717, 1.165) is 0 Å². The Bertz CT molecular complexity index is 430. The van der Waals surface area contributed by atoms with Crippen molar-refractivity contribution < 1.29 is 24.2 Å². The molecule has 1 aromatic carbocycles. The van der Waals surface area contributed by atoms with E-state index in [1.54, 1.807) is 6.07 Å². The molecule has 0 aliphatic rings. The van der Waals surface area contributed by atoms with Crippen molar-refractivity contribution in [3.63, 3.8) is 0 Å². The van der Waals surface area contributed by atoms with E-state index in [-0.39, 0.29) is 18.6 Å². The first-order valence-electron chi connectivity index (χ1n) is 4.86. The molecule has 17 heavy (non-hydrogen) atoms. The Morgan fingerprint density at radius 2 is 1.94 bits per heavy atom. The van der Waals surface area contributed by atoms with Crippen molar-refractivity contribution in [2.75, 3.05) is 13.7 Å². The fraction of sp³-hybridized carbons (Fsp3) is 0.273. The summed E-state index contributed by atoms with van der Waals surface area (Å²) in [7, 11) is 1.45. The van der Waals surface area contributed by atoms with Gasteiger partial charge in [-0.3, -0.25) is 9.59 Å². The van der Waals surface area contributed by atoms with Gasteiger partial charge in [-0.2, -0.15) is 0 Å². The molecule has 1 aromatic rings. The third kappa shape index (κ3) is 4.02. The molecule has 0 aliphatic carbocycles. The number of carbonyl (C=O) groups is 2. The maximum atomic E-state index is 11.0. The van der Waals surface area contributed by atoms with E-state index < -0.39 is 11.9 Å². The van der Waals surface area contributed by atoms with Crippen molar-refractivity contribution in [2.24, 2.45) is 5.73 Å². The fourth-order valence-electron chi connectivity index (χ4n) is 1.17. The van der Waals surface area contributed by atoms with Crippen LogP contribution in [-0.2, 0) is 4.79 Å². The van der Waals surface area contributed by atoms with E-state index in [9.17, 15) is 9.59 Å². The highest BCUT2D eigenvalue weighted by Gasteiger charge is 2.07. The zero-order valence-electron chi connectivity index (χ0n) is 9.30. The molecule has 0 heterocycles. The van der Waals surface area contributed by atoms with Gasteiger partial charge in [0.1, 0.15) is 11.5 Å². The van der Waals surface area contributed by atoms with Crippen LogP contribution in [0.15, 0.2) is 18.2 Å². The standard InChI is InChI=1S/C11H13NO5/c1-16-8-4-7(11(12)15)5-9(6-8)17-3-2-10(13)14/h4-6H,2-3H2,1H3,(H2,12,15)(H,13,14). The van der Waals surface area contributed by atoms with Gasteiger partial charge in [-0.1, -0.05) is 0 Å². The second-order valence-electron chi connectivity index (χ2n) is 3.25. The van der Waals surface area contributed by atoms with Crippen molar-refractivity contribution in [3.05, 3.63) is 23.8 Å². The van der Waals surface area contributed by atoms with E-state index >= 15 is 0 Å². The van der Waals surface area contributed by atoms with Gasteiger partial charge in [-0.15, -0.1) is 0 Å². The van der Waals surface area contributed by atoms with Gasteiger partial charge >= 0.3 is 5.97 Å². The van der Waals surface area contributed by atoms with E-state index in [2.05, 4.69) is 0 Å². The summed E-state index contributed by atoms with van der Waals surface area (Å²) in [6.45, 7) is 0.0146. The Morgan fingerprint density at radius 1 is 1.29 bits per heavy atom. The molecular weight excluding hydrogens is 226 g/mol. The highest BCUT2D eigenvalue weighted by Crippen LogP contribution is 2.22. The summed E-state index contributed by atoms with van der Waals surface area (Å²) in [6, 6.07) is 4.47. The molecule has 0 radical (unpaired) electrons. The van der Waals surface area contributed by atoms with Crippen LogP contribution in [0.3, 0.4) is 0 Å². The topological polar surface area (TPSA) is 98.8 Å². The number of nitrogens with two attached hydrogens (primary N) is 1. The van der Waals surface area contributed by atoms with Crippen LogP contribution in [0.25, 0.3) is 0 Å². The molecule has 0 atom stereocenters. The number of ether oxygens (including phenoxy) is 2. The van der Waals surface area contributed by atoms with Crippen LogP contribution in [0.2, 0.25) is 0 Å². The first-order valence-corrected chi connectivity index (χ1v) is 4.86. The number of hydrogen-bond acceptors (Lipinski definition) is 4. The molecule has 1 rings (SSSR count). The van der Waals surface area contributed by atoms with Crippen LogP contribution < -0.4 is 15.2 Å². The number of rotatable bonds is 6. The molecule has 92 valence electrons. The molecule has 0 saturated heterocycles. The van der Waals surface area contributed by atoms with Crippen molar-refractivity contribution in [2.45, 2.75) is 6.42 Å². The summed E-state index contributed by atoms with van der Waals surface area (Å²) in [4.78, 5) is 21.3. The monoisotopic (exact) mass is 239 g/mol. The molecule has 0 saturated carbocycles. The van der Waals surface area contributed by atoms with Gasteiger partial charge in [0.2, 0.25) is 5.91 Å². The molecule has 3 N–H and O–H groups in total. The lowest BCUT2D eigenvalue weighted by Crippen LogP contribution is -2.11. The average Bonchev–Trinajstić information content (AvgIpc) is 2.28. The number of methoxy groups -OCH3 is 1. The summed E-state index contributed by atoms with van der Waals surface area (Å²) in [6.07, 6.45) is -0.122. The summed E-state index contributed by atoms with van der Waals surface area (Å²) in [5.41, 5.74) is 5.38. The Labute approximate surface area is 97.9 Å². The van der Waals surface area contributed by atoms with Crippen molar-refractivity contribution >= 4 is 11.9 Å². The Kier molecular flexibility index (Phi) is 4.33. The molecule has 6 heteroatoms. The van der Waals surface area contributed by atoms with Gasteiger partial charge < -0.3 is 20.3 Å². The SMILES string of the molecule is COc1cc(OCCC(=O)O)cc(C(N)=O)c1. The number of benzene rings is 1. The van der Waals surface area contributed by atoms with Crippen LogP contribution in [0, 0.1) is 0 Å². The van der Waals surface area contributed by atoms with E-state index in [1.165, 1.54) is 19.2 Å². The Hall–Kier alpha value is -2.24. The molecule has 1 amide bonds. The molecule has 0 unspecified atom stereocenters. The molecule has 0 aliphatic heterocycles. The van der Waals surface area contributed by atoms with Crippen LogP contribution in [0.4, 0.5) is 0 Å². The van der Waals surface area contributed by atoms with Gasteiger partial charge in [0.25, 0.3) is 0 Å². The van der Waals surface area contributed by atoms with Crippen LogP contribution in [0.5, 0.6) is 11.5 Å². The fourth-order valence-corrected chi connectivity index (χ4v) is 1.17. The van der Waals surface area contributed by atoms with Gasteiger partial charge in [0.05, 0.1) is 20.1 Å². The number of carboxylic acid groups (broad SMARTS) is 1. The van der Waals surface area contributed by atoms with Crippen LogP contribution in [-0.4, -0.2) is 30.7 Å². The largest absolute Gasteiger partial charge is 0.497 e. The minimum absolute atomic E-state index is 0.0146. The second kappa shape index (κ2) is 5.74. The summed E-state index contributed by atoms with van der Waals surface area (Å²) in [5, 5.41) is 8.46. The predicted octanol–water partition coefficient (Wildman–Crippen LogP) is 0.648. The normalized spacial score (nSPS) is 9.71. The maximum Gasteiger partial charge on any atom is 0.306 e. The zero-order chi connectivity index (χ0) is 12.8. The lowest BCUT2D eigenvalue weighted by atomic mass is 10.2. The first kappa shape index (κ1) is 12.8. The first-order chi connectivity index (χ1) is 8.02. The number of amides is 1. The minimum Gasteiger partial charge on any atom is -0.497 e. The second-order valence-corrected chi connectivity index (χ2v) is 3.25. The van der Waals surface area contributed by atoms with Crippen molar-refractivity contribution in [1.29, 1.82) is 0 Å². The molecule has 0 bridgehead atoms. The third-order valence-corrected chi connectivity index (χ3v) is 1.98. The number of primary amides is 1. The number of carbonyl (C=O) groups excluding carboxylic acids is 1. The Morgan fingerprint density at radius 3 is 2.47 bits per heavy atom. The van der Waals surface area contributed by atoms with Crippen LogP contribution in [0.1, 0.15) is 16.8 Å². The average molecular weight is 239 g/mol. The van der Waals surface area contributed by atoms with Crippen molar-refractivity contribution in [3.8, 4) is 11.5 Å². The van der Waals surface area contributed by atoms with Crippen molar-refractivity contribution in [1.82, 2.24) is 0 Å². The lowest BCUT2D eigenvalue weighted by molar-refractivity contribution is -0.137. The number of aliphatic carboxylic acids is 1. The van der Waals surface area contributed by atoms with E-state index in [4.69, 9.17) is 20.3 Å². The quantitative estimate of drug-likeness (QED) is 0.759. The predicted molar refractivity (Wildman–Crippen MR) is 59.3 cm³/mol. The maximum absolute atomic E-state index is 11.0. The third-order valence-electron chi connectivity index (χ3n) is 1.98. The lowest BCUT2D eigenvalue weighted by Gasteiger charge is -2.08. The smallest absolute Gasteiger partial charge is 0.306 e. The zero-order valence-corrected chi connectivity index (χ0v) is 9.30. The summed E-state index contributed by atoms with van der Waals surface area (Å²) >= 11 is 0. The summed E-state index contributed by atoms with van der Waals surface area (Å²) in [5.74, 6) is -0.791. The Balaban J connectivity index is 2.80. The van der Waals surface area contributed by atoms with E-state index in [1.807, 2.05) is 0 Å². The van der Waals surface area contributed by atoms with E-state index in [0.29, 0.717) is 11.5 Å². The molecule has 0 spiro atoms. The number of carboxylic acids is 1. The van der Waals surface area contributed by atoms with Gasteiger partial charge in [-0.05, 0) is 12.1 Å². The summed E-state index contributed by atoms with van der Waals surface area (Å²) < 4.78 is 10.2. The van der Waals surface area contributed by atoms with Gasteiger partial charge in [-0.25, -0.2) is 0 Å². The highest BCUT2D eigenvalue weighted by molar-refractivity contribution is 5.93. The highest BCUT2D eigenvalue weighted by atomic mass is 16.5. The number of hydrogen-bond donors (Lipinski definition) is 2. The molecule has 0 aromatic heterocycles. The van der Waals surface area contributed by atoms with Crippen LogP contribution >= 0.6 is 0 Å². The minimum atomic E-state index is -0.956. The molecule has 0 fully saturated rings.